The summed E-state index contributed by atoms with van der Waals surface area (Å²) >= 11 is 1.55. The van der Waals surface area contributed by atoms with Gasteiger partial charge in [0.05, 0.1) is 50.5 Å². The fourth-order valence-corrected chi connectivity index (χ4v) is 5.49. The zero-order valence-electron chi connectivity index (χ0n) is 21.2. The van der Waals surface area contributed by atoms with Crippen molar-refractivity contribution in [3.05, 3.63) is 46.1 Å². The number of hydrogen-bond acceptors (Lipinski definition) is 8. The van der Waals surface area contributed by atoms with Crippen molar-refractivity contribution >= 4 is 29.1 Å². The molecule has 37 heavy (non-hydrogen) atoms. The van der Waals surface area contributed by atoms with Crippen LogP contribution in [0.2, 0.25) is 0 Å². The molecule has 10 heteroatoms. The highest BCUT2D eigenvalue weighted by Gasteiger charge is 2.19. The molecule has 194 valence electrons. The quantitative estimate of drug-likeness (QED) is 0.454. The number of nitrogens with one attached hydrogen (secondary N) is 1. The van der Waals surface area contributed by atoms with E-state index in [0.29, 0.717) is 34.2 Å². The van der Waals surface area contributed by atoms with E-state index in [1.54, 1.807) is 51.0 Å². The lowest BCUT2D eigenvalue weighted by atomic mass is 9.96. The highest BCUT2D eigenvalue weighted by atomic mass is 32.1. The Kier molecular flexibility index (Phi) is 7.45. The molecule has 1 N–H and O–H groups in total. The number of methoxy groups -OCH3 is 3. The van der Waals surface area contributed by atoms with Crippen molar-refractivity contribution in [2.45, 2.75) is 38.1 Å². The monoisotopic (exact) mass is 522 g/mol. The first-order chi connectivity index (χ1) is 18.1. The fraction of sp³-hybridized carbons (Fsp3) is 0.370. The second kappa shape index (κ2) is 11.1. The predicted octanol–water partition coefficient (Wildman–Crippen LogP) is 4.69. The van der Waals surface area contributed by atoms with Gasteiger partial charge in [-0.25, -0.2) is 4.68 Å². The predicted molar refractivity (Wildman–Crippen MR) is 143 cm³/mol. The Balaban J connectivity index is 1.61. The third kappa shape index (κ3) is 5.34. The van der Waals surface area contributed by atoms with E-state index in [1.165, 1.54) is 19.3 Å². The van der Waals surface area contributed by atoms with Gasteiger partial charge < -0.3 is 24.3 Å². The van der Waals surface area contributed by atoms with Gasteiger partial charge in [0.1, 0.15) is 23.0 Å². The van der Waals surface area contributed by atoms with Crippen molar-refractivity contribution in [3.63, 3.8) is 0 Å². The summed E-state index contributed by atoms with van der Waals surface area (Å²) < 4.78 is 24.0. The Morgan fingerprint density at radius 2 is 1.81 bits per heavy atom. The molecule has 2 aromatic carbocycles. The van der Waals surface area contributed by atoms with Crippen LogP contribution in [0.1, 0.15) is 37.7 Å². The van der Waals surface area contributed by atoms with Crippen molar-refractivity contribution in [1.29, 1.82) is 0 Å². The summed E-state index contributed by atoms with van der Waals surface area (Å²) in [6.07, 6.45) is 7.54. The largest absolute Gasteiger partial charge is 0.496 e. The van der Waals surface area contributed by atoms with E-state index < -0.39 is 0 Å². The van der Waals surface area contributed by atoms with Crippen LogP contribution in [-0.2, 0) is 4.79 Å². The van der Waals surface area contributed by atoms with Crippen LogP contribution >= 0.6 is 11.3 Å². The number of carbonyl (C=O) groups is 1. The summed E-state index contributed by atoms with van der Waals surface area (Å²) in [6, 6.07) is 9.60. The number of amides is 1. The van der Waals surface area contributed by atoms with Crippen molar-refractivity contribution in [1.82, 2.24) is 4.68 Å². The number of fused-ring (bicyclic) bond motifs is 1. The highest BCUT2D eigenvalue weighted by Crippen LogP contribution is 2.34. The number of rotatable bonds is 7. The van der Waals surface area contributed by atoms with Crippen LogP contribution in [0, 0.1) is 0 Å². The fourth-order valence-electron chi connectivity index (χ4n) is 4.58. The van der Waals surface area contributed by atoms with Crippen LogP contribution in [-0.4, -0.2) is 50.8 Å². The van der Waals surface area contributed by atoms with Crippen LogP contribution in [0.3, 0.4) is 0 Å². The number of thiazole rings is 1. The summed E-state index contributed by atoms with van der Waals surface area (Å²) in [4.78, 5) is 17.8. The molecule has 1 aliphatic heterocycles. The number of hydrogen-bond donors (Lipinski definition) is 1. The molecule has 2 aliphatic rings. The summed E-state index contributed by atoms with van der Waals surface area (Å²) in [5.41, 5.74) is 3.06. The minimum Gasteiger partial charge on any atom is -0.496 e. The zero-order chi connectivity index (χ0) is 25.8. The van der Waals surface area contributed by atoms with E-state index in [0.717, 1.165) is 28.9 Å². The van der Waals surface area contributed by atoms with Crippen LogP contribution < -0.4 is 29.1 Å². The number of anilines is 1. The first-order valence-corrected chi connectivity index (χ1v) is 13.1. The zero-order valence-corrected chi connectivity index (χ0v) is 22.0. The molecular weight excluding hydrogens is 492 g/mol. The summed E-state index contributed by atoms with van der Waals surface area (Å²) in [7, 11) is 4.80. The van der Waals surface area contributed by atoms with Gasteiger partial charge in [-0.2, -0.15) is 5.10 Å². The van der Waals surface area contributed by atoms with Gasteiger partial charge in [-0.15, -0.1) is 11.3 Å². The molecule has 1 amide bonds. The van der Waals surface area contributed by atoms with Crippen LogP contribution in [0.25, 0.3) is 11.3 Å². The van der Waals surface area contributed by atoms with Gasteiger partial charge in [-0.3, -0.25) is 9.79 Å². The number of carbonyl (C=O) groups excluding carboxylic acids is 1. The van der Waals surface area contributed by atoms with E-state index in [2.05, 4.69) is 5.32 Å². The number of aromatic nitrogens is 1. The Hall–Kier alpha value is -3.79. The van der Waals surface area contributed by atoms with Gasteiger partial charge in [0.2, 0.25) is 4.80 Å². The summed E-state index contributed by atoms with van der Waals surface area (Å²) in [6.45, 7) is 0.0189. The first-order valence-electron chi connectivity index (χ1n) is 12.3. The molecule has 0 atom stereocenters. The normalized spacial score (nSPS) is 16.3. The average molecular weight is 523 g/mol. The van der Waals surface area contributed by atoms with Gasteiger partial charge in [0, 0.05) is 23.1 Å². The van der Waals surface area contributed by atoms with Gasteiger partial charge >= 0.3 is 0 Å². The standard InChI is InChI=1S/C27H30N4O5S/c1-33-19-12-24(34-2)20(25(13-19)35-3)14-28-31-22(16-37-27(31)29-18-7-5-4-6-8-18)17-9-10-23-21(11-17)30-26(32)15-36-23/h9-14,16,18H,4-8,15H2,1-3H3,(H,30,32). The smallest absolute Gasteiger partial charge is 0.262 e. The Morgan fingerprint density at radius 1 is 1.05 bits per heavy atom. The molecule has 1 aromatic heterocycles. The maximum Gasteiger partial charge on any atom is 0.262 e. The molecule has 0 saturated heterocycles. The number of nitrogens with zero attached hydrogens (tertiary/aromatic N) is 3. The molecule has 9 nitrogen and oxygen atoms in total. The molecular formula is C27H30N4O5S. The molecule has 2 heterocycles. The van der Waals surface area contributed by atoms with Crippen molar-refractivity contribution in [3.8, 4) is 34.3 Å². The van der Waals surface area contributed by atoms with E-state index >= 15 is 0 Å². The van der Waals surface area contributed by atoms with Gasteiger partial charge in [-0.1, -0.05) is 19.3 Å². The van der Waals surface area contributed by atoms with E-state index in [9.17, 15) is 4.79 Å². The molecule has 0 radical (unpaired) electrons. The Labute approximate surface area is 219 Å². The van der Waals surface area contributed by atoms with Crippen molar-refractivity contribution < 1.29 is 23.7 Å². The lowest BCUT2D eigenvalue weighted by Crippen LogP contribution is -2.25. The Morgan fingerprint density at radius 3 is 2.51 bits per heavy atom. The molecule has 1 aliphatic carbocycles. The summed E-state index contributed by atoms with van der Waals surface area (Å²) in [5.74, 6) is 2.26. The second-order valence-corrected chi connectivity index (χ2v) is 9.71. The lowest BCUT2D eigenvalue weighted by Gasteiger charge is -2.18. The van der Waals surface area contributed by atoms with Crippen LogP contribution in [0.5, 0.6) is 23.0 Å². The van der Waals surface area contributed by atoms with Crippen LogP contribution in [0.15, 0.2) is 45.8 Å². The first kappa shape index (κ1) is 24.9. The van der Waals surface area contributed by atoms with Gasteiger partial charge in [0.15, 0.2) is 6.61 Å². The SMILES string of the molecule is COc1cc(OC)c(C=Nn2c(-c3ccc4c(c3)NC(=O)CO4)csc2=NC2CCCCC2)c(OC)c1. The van der Waals surface area contributed by atoms with Gasteiger partial charge in [-0.05, 0) is 31.0 Å². The molecule has 1 fully saturated rings. The van der Waals surface area contributed by atoms with Crippen molar-refractivity contribution in [2.24, 2.45) is 10.1 Å². The third-order valence-electron chi connectivity index (χ3n) is 6.52. The molecule has 0 unspecified atom stereocenters. The Bertz CT molecular complexity index is 1360. The topological polar surface area (TPSA) is 95.7 Å². The van der Waals surface area contributed by atoms with Gasteiger partial charge in [0.25, 0.3) is 5.91 Å². The van der Waals surface area contributed by atoms with E-state index in [-0.39, 0.29) is 18.6 Å². The van der Waals surface area contributed by atoms with Crippen molar-refractivity contribution in [2.75, 3.05) is 33.3 Å². The average Bonchev–Trinajstić information content (AvgIpc) is 3.33. The highest BCUT2D eigenvalue weighted by molar-refractivity contribution is 7.07. The second-order valence-electron chi connectivity index (χ2n) is 8.87. The molecule has 5 rings (SSSR count). The molecule has 1 saturated carbocycles. The van der Waals surface area contributed by atoms with Crippen LogP contribution in [0.4, 0.5) is 5.69 Å². The molecule has 0 bridgehead atoms. The van der Waals surface area contributed by atoms with E-state index in [1.807, 2.05) is 28.3 Å². The molecule has 3 aromatic rings. The van der Waals surface area contributed by atoms with E-state index in [4.69, 9.17) is 29.0 Å². The summed E-state index contributed by atoms with van der Waals surface area (Å²) in [5, 5.41) is 9.79. The maximum atomic E-state index is 11.9. The number of ether oxygens (including phenoxy) is 4. The third-order valence-corrected chi connectivity index (χ3v) is 7.35. The minimum atomic E-state index is -0.174. The minimum absolute atomic E-state index is 0.0189. The number of benzene rings is 2. The maximum absolute atomic E-state index is 11.9. The molecule has 0 spiro atoms. The lowest BCUT2D eigenvalue weighted by molar-refractivity contribution is -0.118.